The highest BCUT2D eigenvalue weighted by molar-refractivity contribution is 5.98. The van der Waals surface area contributed by atoms with Crippen LogP contribution in [0.3, 0.4) is 0 Å². The van der Waals surface area contributed by atoms with Gasteiger partial charge in [-0.25, -0.2) is 9.59 Å². The van der Waals surface area contributed by atoms with Gasteiger partial charge in [0.1, 0.15) is 0 Å². The summed E-state index contributed by atoms with van der Waals surface area (Å²) in [5.74, 6) is -2.15. The van der Waals surface area contributed by atoms with E-state index in [0.29, 0.717) is 12.8 Å². The minimum absolute atomic E-state index is 0.0947. The molecule has 0 aromatic heterocycles. The van der Waals surface area contributed by atoms with E-state index < -0.39 is 11.9 Å². The Kier molecular flexibility index (Phi) is 12.5. The minimum Gasteiger partial charge on any atom is -0.478 e. The van der Waals surface area contributed by atoms with Crippen molar-refractivity contribution in [2.24, 2.45) is 0 Å². The number of carboxylic acid groups (broad SMARTS) is 2. The zero-order chi connectivity index (χ0) is 16.8. The third kappa shape index (κ3) is 9.59. The van der Waals surface area contributed by atoms with E-state index >= 15 is 0 Å². The molecule has 0 aromatic rings. The first kappa shape index (κ1) is 20.7. The van der Waals surface area contributed by atoms with E-state index in [1.807, 2.05) is 6.92 Å². The van der Waals surface area contributed by atoms with E-state index in [1.165, 1.54) is 32.1 Å². The van der Waals surface area contributed by atoms with E-state index in [4.69, 9.17) is 0 Å². The van der Waals surface area contributed by atoms with Crippen LogP contribution in [0.4, 0.5) is 0 Å². The molecule has 0 rings (SSSR count). The summed E-state index contributed by atoms with van der Waals surface area (Å²) in [6, 6.07) is 0. The summed E-state index contributed by atoms with van der Waals surface area (Å²) < 4.78 is 0. The third-order valence-corrected chi connectivity index (χ3v) is 3.94. The molecule has 0 bridgehead atoms. The highest BCUT2D eigenvalue weighted by Gasteiger charge is 2.19. The van der Waals surface area contributed by atoms with Gasteiger partial charge >= 0.3 is 11.9 Å². The van der Waals surface area contributed by atoms with Gasteiger partial charge in [0.15, 0.2) is 0 Å². The van der Waals surface area contributed by atoms with Crippen molar-refractivity contribution >= 4 is 11.9 Å². The lowest BCUT2D eigenvalue weighted by Crippen LogP contribution is -2.12. The Bertz CT molecular complexity index is 358. The van der Waals surface area contributed by atoms with Crippen molar-refractivity contribution in [1.82, 2.24) is 0 Å². The van der Waals surface area contributed by atoms with Gasteiger partial charge in [-0.05, 0) is 25.7 Å². The van der Waals surface area contributed by atoms with Crippen molar-refractivity contribution in [3.63, 3.8) is 0 Å². The van der Waals surface area contributed by atoms with Crippen LogP contribution in [0.5, 0.6) is 0 Å². The number of hydrogen-bond acceptors (Lipinski definition) is 2. The van der Waals surface area contributed by atoms with Crippen LogP contribution < -0.4 is 0 Å². The Morgan fingerprint density at radius 3 is 1.36 bits per heavy atom. The van der Waals surface area contributed by atoms with Crippen molar-refractivity contribution < 1.29 is 19.8 Å². The molecule has 0 atom stereocenters. The monoisotopic (exact) mass is 312 g/mol. The Balaban J connectivity index is 4.28. The van der Waals surface area contributed by atoms with Crippen molar-refractivity contribution in [3.8, 4) is 0 Å². The fourth-order valence-electron chi connectivity index (χ4n) is 2.56. The van der Waals surface area contributed by atoms with E-state index in [1.54, 1.807) is 0 Å². The van der Waals surface area contributed by atoms with Crippen LogP contribution in [-0.2, 0) is 9.59 Å². The lowest BCUT2D eigenvalue weighted by molar-refractivity contribution is -0.136. The minimum atomic E-state index is -1.08. The predicted octanol–water partition coefficient (Wildman–Crippen LogP) is 5.17. The van der Waals surface area contributed by atoms with Crippen molar-refractivity contribution in [3.05, 3.63) is 11.1 Å². The Hall–Kier alpha value is -1.32. The molecule has 0 radical (unpaired) electrons. The second-order valence-electron chi connectivity index (χ2n) is 5.90. The number of rotatable bonds is 14. The Morgan fingerprint density at radius 1 is 0.591 bits per heavy atom. The summed E-state index contributed by atoms with van der Waals surface area (Å²) in [4.78, 5) is 22.6. The van der Waals surface area contributed by atoms with Crippen LogP contribution in [0.25, 0.3) is 0 Å². The Labute approximate surface area is 134 Å². The first-order valence-corrected chi connectivity index (χ1v) is 8.73. The predicted molar refractivity (Wildman–Crippen MR) is 89.0 cm³/mol. The maximum Gasteiger partial charge on any atom is 0.332 e. The first-order chi connectivity index (χ1) is 10.5. The number of unbranched alkanes of at least 4 members (excludes halogenated alkanes) is 8. The van der Waals surface area contributed by atoms with Crippen LogP contribution in [0.15, 0.2) is 11.1 Å². The fourth-order valence-corrected chi connectivity index (χ4v) is 2.56. The molecule has 0 saturated heterocycles. The van der Waals surface area contributed by atoms with Gasteiger partial charge in [0.25, 0.3) is 0 Å². The summed E-state index contributed by atoms with van der Waals surface area (Å²) in [6.07, 6.45) is 11.4. The summed E-state index contributed by atoms with van der Waals surface area (Å²) in [5.41, 5.74) is 0.198. The molecule has 2 N–H and O–H groups in total. The fraction of sp³-hybridized carbons (Fsp3) is 0.778. The molecule has 0 heterocycles. The van der Waals surface area contributed by atoms with Crippen molar-refractivity contribution in [2.45, 2.75) is 90.9 Å². The number of aliphatic carboxylic acids is 2. The maximum atomic E-state index is 11.3. The highest BCUT2D eigenvalue weighted by atomic mass is 16.4. The molecular formula is C18H32O4. The molecule has 0 aliphatic heterocycles. The Morgan fingerprint density at radius 2 is 0.955 bits per heavy atom. The largest absolute Gasteiger partial charge is 0.478 e. The number of hydrogen-bond donors (Lipinski definition) is 2. The molecule has 4 nitrogen and oxygen atoms in total. The highest BCUT2D eigenvalue weighted by Crippen LogP contribution is 2.20. The van der Waals surface area contributed by atoms with Gasteiger partial charge in [0.05, 0.1) is 0 Å². The number of carboxylic acids is 2. The molecule has 0 fully saturated rings. The smallest absolute Gasteiger partial charge is 0.332 e. The average Bonchev–Trinajstić information content (AvgIpc) is 2.47. The lowest BCUT2D eigenvalue weighted by atomic mass is 9.97. The molecule has 0 saturated carbocycles. The first-order valence-electron chi connectivity index (χ1n) is 8.73. The average molecular weight is 312 g/mol. The molecule has 128 valence electrons. The van der Waals surface area contributed by atoms with Gasteiger partial charge in [0, 0.05) is 11.1 Å². The molecule has 0 aliphatic rings. The van der Waals surface area contributed by atoms with Crippen LogP contribution in [0, 0.1) is 0 Å². The van der Waals surface area contributed by atoms with Crippen molar-refractivity contribution in [2.75, 3.05) is 0 Å². The molecule has 0 aromatic carbocycles. The van der Waals surface area contributed by atoms with E-state index in [2.05, 4.69) is 6.92 Å². The standard InChI is InChI=1S/C18H32O4/c1-3-5-7-8-9-10-11-12-14-16(18(21)22)15(17(19)20)13-6-4-2/h3-14H2,1-2H3,(H,19,20)(H,21,22). The third-order valence-electron chi connectivity index (χ3n) is 3.94. The van der Waals surface area contributed by atoms with E-state index in [-0.39, 0.29) is 11.1 Å². The van der Waals surface area contributed by atoms with Crippen LogP contribution >= 0.6 is 0 Å². The van der Waals surface area contributed by atoms with Gasteiger partial charge in [-0.3, -0.25) is 0 Å². The van der Waals surface area contributed by atoms with E-state index in [0.717, 1.165) is 32.1 Å². The van der Waals surface area contributed by atoms with Gasteiger partial charge in [0.2, 0.25) is 0 Å². The second kappa shape index (κ2) is 13.4. The molecule has 0 aliphatic carbocycles. The van der Waals surface area contributed by atoms with Gasteiger partial charge < -0.3 is 10.2 Å². The zero-order valence-electron chi connectivity index (χ0n) is 14.2. The van der Waals surface area contributed by atoms with Gasteiger partial charge in [-0.15, -0.1) is 0 Å². The van der Waals surface area contributed by atoms with E-state index in [9.17, 15) is 19.8 Å². The van der Waals surface area contributed by atoms with Crippen LogP contribution in [-0.4, -0.2) is 22.2 Å². The SMILES string of the molecule is CCCCCCCCCCC(C(=O)O)=C(CCCC)C(=O)O. The molecule has 0 unspecified atom stereocenters. The molecular weight excluding hydrogens is 280 g/mol. The van der Waals surface area contributed by atoms with Gasteiger partial charge in [-0.2, -0.15) is 0 Å². The molecule has 22 heavy (non-hydrogen) atoms. The normalized spacial score (nSPS) is 12.1. The second-order valence-corrected chi connectivity index (χ2v) is 5.90. The number of carbonyl (C=O) groups is 2. The quantitative estimate of drug-likeness (QED) is 0.342. The maximum absolute atomic E-state index is 11.3. The summed E-state index contributed by atoms with van der Waals surface area (Å²) in [5, 5.41) is 18.5. The molecule has 0 amide bonds. The topological polar surface area (TPSA) is 74.6 Å². The van der Waals surface area contributed by atoms with Crippen molar-refractivity contribution in [1.29, 1.82) is 0 Å². The summed E-state index contributed by atoms with van der Waals surface area (Å²) >= 11 is 0. The molecule has 4 heteroatoms. The van der Waals surface area contributed by atoms with Gasteiger partial charge in [-0.1, -0.05) is 65.2 Å². The summed E-state index contributed by atoms with van der Waals surface area (Å²) in [7, 11) is 0. The molecule has 0 spiro atoms. The summed E-state index contributed by atoms with van der Waals surface area (Å²) in [6.45, 7) is 4.16. The van der Waals surface area contributed by atoms with Crippen LogP contribution in [0.1, 0.15) is 90.9 Å². The zero-order valence-corrected chi connectivity index (χ0v) is 14.2. The van der Waals surface area contributed by atoms with Crippen LogP contribution in [0.2, 0.25) is 0 Å². The lowest BCUT2D eigenvalue weighted by Gasteiger charge is -2.09.